The molecule has 0 fully saturated rings. The van der Waals surface area contributed by atoms with Gasteiger partial charge in [0.25, 0.3) is 0 Å². The molecule has 4 nitrogen and oxygen atoms in total. The van der Waals surface area contributed by atoms with Crippen LogP contribution in [0.4, 0.5) is 0 Å². The number of pyridine rings is 1. The van der Waals surface area contributed by atoms with E-state index in [1.807, 2.05) is 43.4 Å². The Labute approximate surface area is 113 Å². The summed E-state index contributed by atoms with van der Waals surface area (Å²) in [6.45, 7) is 1.25. The van der Waals surface area contributed by atoms with Crippen LogP contribution in [-0.2, 0) is 13.2 Å². The minimum absolute atomic E-state index is 0.514. The van der Waals surface area contributed by atoms with Crippen molar-refractivity contribution in [1.29, 1.82) is 0 Å². The Morgan fingerprint density at radius 2 is 2.05 bits per heavy atom. The van der Waals surface area contributed by atoms with Crippen LogP contribution in [0.25, 0.3) is 0 Å². The van der Waals surface area contributed by atoms with Crippen LogP contribution >= 0.6 is 0 Å². The van der Waals surface area contributed by atoms with Gasteiger partial charge in [0.15, 0.2) is 0 Å². The predicted octanol–water partition coefficient (Wildman–Crippen LogP) is 2.39. The molecule has 0 unspecified atom stereocenters. The summed E-state index contributed by atoms with van der Waals surface area (Å²) in [5.74, 6) is 1.66. The van der Waals surface area contributed by atoms with E-state index in [0.29, 0.717) is 6.61 Å². The average Bonchev–Trinajstić information content (AvgIpc) is 2.46. The number of benzene rings is 1. The quantitative estimate of drug-likeness (QED) is 0.864. The maximum atomic E-state index is 5.76. The molecule has 19 heavy (non-hydrogen) atoms. The summed E-state index contributed by atoms with van der Waals surface area (Å²) in [6, 6.07) is 11.7. The van der Waals surface area contributed by atoms with E-state index < -0.39 is 0 Å². The van der Waals surface area contributed by atoms with E-state index in [1.54, 1.807) is 13.3 Å². The van der Waals surface area contributed by atoms with Crippen molar-refractivity contribution in [1.82, 2.24) is 10.3 Å². The first-order chi connectivity index (χ1) is 9.31. The number of hydrogen-bond donors (Lipinski definition) is 1. The number of hydrogen-bond acceptors (Lipinski definition) is 4. The maximum absolute atomic E-state index is 5.76. The zero-order chi connectivity index (χ0) is 13.5. The number of rotatable bonds is 6. The molecule has 4 heteroatoms. The van der Waals surface area contributed by atoms with E-state index >= 15 is 0 Å². The van der Waals surface area contributed by atoms with Crippen molar-refractivity contribution in [2.75, 3.05) is 14.2 Å². The minimum Gasteiger partial charge on any atom is -0.497 e. The Morgan fingerprint density at radius 3 is 2.84 bits per heavy atom. The summed E-state index contributed by atoms with van der Waals surface area (Å²) in [4.78, 5) is 4.25. The highest BCUT2D eigenvalue weighted by Crippen LogP contribution is 2.16. The largest absolute Gasteiger partial charge is 0.497 e. The molecule has 0 bridgehead atoms. The molecular weight excluding hydrogens is 240 g/mol. The topological polar surface area (TPSA) is 43.4 Å². The van der Waals surface area contributed by atoms with Gasteiger partial charge in [0.05, 0.1) is 12.8 Å². The molecule has 2 aromatic rings. The number of aromatic nitrogens is 1. The van der Waals surface area contributed by atoms with Crippen LogP contribution in [0.1, 0.15) is 11.3 Å². The maximum Gasteiger partial charge on any atom is 0.123 e. The Morgan fingerprint density at radius 1 is 1.16 bits per heavy atom. The Kier molecular flexibility index (Phi) is 4.75. The lowest BCUT2D eigenvalue weighted by molar-refractivity contribution is 0.304. The van der Waals surface area contributed by atoms with Crippen LogP contribution in [-0.4, -0.2) is 19.1 Å². The predicted molar refractivity (Wildman–Crippen MR) is 74.3 cm³/mol. The molecule has 2 rings (SSSR count). The first-order valence-corrected chi connectivity index (χ1v) is 6.17. The normalized spacial score (nSPS) is 10.2. The lowest BCUT2D eigenvalue weighted by Gasteiger charge is -2.08. The molecule has 1 aromatic heterocycles. The van der Waals surface area contributed by atoms with Crippen molar-refractivity contribution in [2.45, 2.75) is 13.2 Å². The molecule has 0 saturated carbocycles. The molecule has 0 amide bonds. The molecular formula is C15H18N2O2. The molecule has 100 valence electrons. The second-order valence-corrected chi connectivity index (χ2v) is 4.15. The second-order valence-electron chi connectivity index (χ2n) is 4.15. The average molecular weight is 258 g/mol. The fourth-order valence-electron chi connectivity index (χ4n) is 1.75. The molecule has 1 aromatic carbocycles. The van der Waals surface area contributed by atoms with Gasteiger partial charge < -0.3 is 14.8 Å². The summed E-state index contributed by atoms with van der Waals surface area (Å²) >= 11 is 0. The Balaban J connectivity index is 1.99. The molecule has 0 aliphatic carbocycles. The van der Waals surface area contributed by atoms with Crippen molar-refractivity contribution in [3.05, 3.63) is 53.9 Å². The second kappa shape index (κ2) is 6.75. The lowest BCUT2D eigenvalue weighted by atomic mass is 10.2. The smallest absolute Gasteiger partial charge is 0.123 e. The molecule has 0 spiro atoms. The van der Waals surface area contributed by atoms with Gasteiger partial charge in [-0.05, 0) is 30.8 Å². The Bertz CT molecular complexity index is 529. The molecule has 0 aliphatic heterocycles. The SMILES string of the molecule is CNCc1cc(OCc2cccc(OC)c2)ccn1. The van der Waals surface area contributed by atoms with Crippen LogP contribution in [0.2, 0.25) is 0 Å². The summed E-state index contributed by atoms with van der Waals surface area (Å²) in [7, 11) is 3.55. The number of methoxy groups -OCH3 is 1. The molecule has 1 heterocycles. The monoisotopic (exact) mass is 258 g/mol. The van der Waals surface area contributed by atoms with E-state index in [4.69, 9.17) is 9.47 Å². The fourth-order valence-corrected chi connectivity index (χ4v) is 1.75. The lowest BCUT2D eigenvalue weighted by Crippen LogP contribution is -2.07. The molecule has 0 saturated heterocycles. The van der Waals surface area contributed by atoms with E-state index in [-0.39, 0.29) is 0 Å². The minimum atomic E-state index is 0.514. The first-order valence-electron chi connectivity index (χ1n) is 6.17. The highest BCUT2D eigenvalue weighted by Gasteiger charge is 2.00. The van der Waals surface area contributed by atoms with Gasteiger partial charge in [-0.3, -0.25) is 4.98 Å². The van der Waals surface area contributed by atoms with Crippen molar-refractivity contribution in [3.8, 4) is 11.5 Å². The number of nitrogens with one attached hydrogen (secondary N) is 1. The molecule has 1 N–H and O–H groups in total. The van der Waals surface area contributed by atoms with Crippen LogP contribution in [0.3, 0.4) is 0 Å². The van der Waals surface area contributed by atoms with Gasteiger partial charge >= 0.3 is 0 Å². The van der Waals surface area contributed by atoms with Crippen molar-refractivity contribution >= 4 is 0 Å². The van der Waals surface area contributed by atoms with Crippen molar-refractivity contribution in [2.24, 2.45) is 0 Å². The fraction of sp³-hybridized carbons (Fsp3) is 0.267. The third kappa shape index (κ3) is 3.96. The third-order valence-corrected chi connectivity index (χ3v) is 2.69. The van der Waals surface area contributed by atoms with E-state index in [0.717, 1.165) is 29.3 Å². The van der Waals surface area contributed by atoms with E-state index in [2.05, 4.69) is 10.3 Å². The van der Waals surface area contributed by atoms with E-state index in [9.17, 15) is 0 Å². The summed E-state index contributed by atoms with van der Waals surface area (Å²) in [6.07, 6.45) is 1.76. The Hall–Kier alpha value is -2.07. The molecule has 0 radical (unpaired) electrons. The van der Waals surface area contributed by atoms with E-state index in [1.165, 1.54) is 0 Å². The summed E-state index contributed by atoms with van der Waals surface area (Å²) in [5.41, 5.74) is 2.04. The van der Waals surface area contributed by atoms with Gasteiger partial charge in [-0.1, -0.05) is 12.1 Å². The highest BCUT2D eigenvalue weighted by atomic mass is 16.5. The zero-order valence-corrected chi connectivity index (χ0v) is 11.2. The highest BCUT2D eigenvalue weighted by molar-refractivity contribution is 5.29. The molecule has 0 atom stereocenters. The van der Waals surface area contributed by atoms with Crippen LogP contribution < -0.4 is 14.8 Å². The van der Waals surface area contributed by atoms with Gasteiger partial charge in [0.1, 0.15) is 18.1 Å². The van der Waals surface area contributed by atoms with Gasteiger partial charge in [-0.2, -0.15) is 0 Å². The number of nitrogens with zero attached hydrogens (tertiary/aromatic N) is 1. The first kappa shape index (κ1) is 13.4. The van der Waals surface area contributed by atoms with Crippen molar-refractivity contribution < 1.29 is 9.47 Å². The van der Waals surface area contributed by atoms with Crippen molar-refractivity contribution in [3.63, 3.8) is 0 Å². The van der Waals surface area contributed by atoms with Crippen LogP contribution in [0.5, 0.6) is 11.5 Å². The third-order valence-electron chi connectivity index (χ3n) is 2.69. The van der Waals surface area contributed by atoms with Gasteiger partial charge in [-0.25, -0.2) is 0 Å². The van der Waals surface area contributed by atoms with Gasteiger partial charge in [0.2, 0.25) is 0 Å². The van der Waals surface area contributed by atoms with Gasteiger partial charge in [0, 0.05) is 18.8 Å². The van der Waals surface area contributed by atoms with Crippen LogP contribution in [0, 0.1) is 0 Å². The number of ether oxygens (including phenoxy) is 2. The zero-order valence-electron chi connectivity index (χ0n) is 11.2. The van der Waals surface area contributed by atoms with Gasteiger partial charge in [-0.15, -0.1) is 0 Å². The molecule has 0 aliphatic rings. The summed E-state index contributed by atoms with van der Waals surface area (Å²) in [5, 5.41) is 3.07. The summed E-state index contributed by atoms with van der Waals surface area (Å²) < 4.78 is 10.9. The van der Waals surface area contributed by atoms with Crippen LogP contribution in [0.15, 0.2) is 42.6 Å². The standard InChI is InChI=1S/C15H18N2O2/c1-16-10-13-9-15(6-7-17-13)19-11-12-4-3-5-14(8-12)18-2/h3-9,16H,10-11H2,1-2H3.